The highest BCUT2D eigenvalue weighted by Crippen LogP contribution is 2.10. The number of halogens is 1. The number of rotatable bonds is 3. The molecule has 0 saturated carbocycles. The van der Waals surface area contributed by atoms with Crippen molar-refractivity contribution in [2.45, 2.75) is 13.0 Å². The zero-order valence-electron chi connectivity index (χ0n) is 9.11. The van der Waals surface area contributed by atoms with Crippen molar-refractivity contribution in [3.63, 3.8) is 0 Å². The van der Waals surface area contributed by atoms with E-state index in [0.29, 0.717) is 12.2 Å². The van der Waals surface area contributed by atoms with Crippen molar-refractivity contribution in [2.75, 3.05) is 19.6 Å². The molecule has 4 nitrogen and oxygen atoms in total. The Morgan fingerprint density at radius 1 is 1.62 bits per heavy atom. The van der Waals surface area contributed by atoms with Crippen LogP contribution in [0.25, 0.3) is 0 Å². The van der Waals surface area contributed by atoms with Crippen molar-refractivity contribution >= 4 is 5.91 Å². The lowest BCUT2D eigenvalue weighted by Crippen LogP contribution is -2.58. The molecular formula is C11H14FN3O. The highest BCUT2D eigenvalue weighted by Gasteiger charge is 2.28. The lowest BCUT2D eigenvalue weighted by Gasteiger charge is -2.37. The molecule has 86 valence electrons. The predicted octanol–water partition coefficient (Wildman–Crippen LogP) is 0.655. The monoisotopic (exact) mass is 223 g/mol. The molecule has 0 radical (unpaired) electrons. The highest BCUT2D eigenvalue weighted by atomic mass is 19.1. The summed E-state index contributed by atoms with van der Waals surface area (Å²) in [6, 6.07) is 2.92. The number of carbonyl (C=O) groups is 1. The fourth-order valence-corrected chi connectivity index (χ4v) is 1.71. The summed E-state index contributed by atoms with van der Waals surface area (Å²) in [5.41, 5.74) is 0.301. The molecule has 1 saturated heterocycles. The van der Waals surface area contributed by atoms with Crippen LogP contribution >= 0.6 is 0 Å². The van der Waals surface area contributed by atoms with Crippen LogP contribution in [0.3, 0.4) is 0 Å². The van der Waals surface area contributed by atoms with Crippen LogP contribution in [0, 0.1) is 5.82 Å². The summed E-state index contributed by atoms with van der Waals surface area (Å²) in [4.78, 5) is 17.6. The smallest absolute Gasteiger partial charge is 0.272 e. The zero-order chi connectivity index (χ0) is 11.5. The molecular weight excluding hydrogens is 209 g/mol. The molecule has 0 aromatic carbocycles. The van der Waals surface area contributed by atoms with Gasteiger partial charge in [0.25, 0.3) is 5.91 Å². The molecule has 1 aliphatic rings. The second-order valence-electron chi connectivity index (χ2n) is 3.76. The summed E-state index contributed by atoms with van der Waals surface area (Å²) in [6.07, 6.45) is 1.07. The second kappa shape index (κ2) is 4.57. The van der Waals surface area contributed by atoms with Crippen molar-refractivity contribution in [3.05, 3.63) is 29.8 Å². The summed E-state index contributed by atoms with van der Waals surface area (Å²) in [5.74, 6) is -0.557. The lowest BCUT2D eigenvalue weighted by molar-refractivity contribution is 0.0624. The first-order chi connectivity index (χ1) is 7.72. The van der Waals surface area contributed by atoms with E-state index in [2.05, 4.69) is 10.3 Å². The van der Waals surface area contributed by atoms with Gasteiger partial charge < -0.3 is 10.2 Å². The Kier molecular flexibility index (Phi) is 3.14. The Morgan fingerprint density at radius 2 is 2.38 bits per heavy atom. The van der Waals surface area contributed by atoms with Gasteiger partial charge >= 0.3 is 0 Å². The summed E-state index contributed by atoms with van der Waals surface area (Å²) in [5, 5.41) is 3.12. The standard InChI is InChI=1S/C11H14FN3O/c1-2-15(9-6-13-7-9)11(16)10-4-3-8(12)5-14-10/h3-5,9,13H,2,6-7H2,1H3. The molecule has 1 aliphatic heterocycles. The van der Waals surface area contributed by atoms with E-state index in [4.69, 9.17) is 0 Å². The highest BCUT2D eigenvalue weighted by molar-refractivity contribution is 5.92. The van der Waals surface area contributed by atoms with E-state index < -0.39 is 5.82 Å². The third-order valence-corrected chi connectivity index (χ3v) is 2.75. The van der Waals surface area contributed by atoms with Crippen LogP contribution in [-0.2, 0) is 0 Å². The van der Waals surface area contributed by atoms with Crippen LogP contribution in [-0.4, -0.2) is 41.5 Å². The van der Waals surface area contributed by atoms with Crippen molar-refractivity contribution in [2.24, 2.45) is 0 Å². The molecule has 1 N–H and O–H groups in total. The number of hydrogen-bond donors (Lipinski definition) is 1. The largest absolute Gasteiger partial charge is 0.332 e. The van der Waals surface area contributed by atoms with Gasteiger partial charge in [0.1, 0.15) is 11.5 Å². The van der Waals surface area contributed by atoms with Gasteiger partial charge in [-0.1, -0.05) is 0 Å². The summed E-state index contributed by atoms with van der Waals surface area (Å²) in [6.45, 7) is 4.21. The molecule has 0 aliphatic carbocycles. The van der Waals surface area contributed by atoms with Crippen LogP contribution in [0.15, 0.2) is 18.3 Å². The molecule has 2 rings (SSSR count). The van der Waals surface area contributed by atoms with Crippen molar-refractivity contribution in [1.82, 2.24) is 15.2 Å². The number of nitrogens with zero attached hydrogens (tertiary/aromatic N) is 2. The first kappa shape index (κ1) is 11.0. The minimum absolute atomic E-state index is 0.131. The first-order valence-corrected chi connectivity index (χ1v) is 5.35. The number of nitrogens with one attached hydrogen (secondary N) is 1. The molecule has 0 atom stereocenters. The van der Waals surface area contributed by atoms with Crippen LogP contribution in [0.5, 0.6) is 0 Å². The van der Waals surface area contributed by atoms with E-state index in [0.717, 1.165) is 19.3 Å². The molecule has 0 spiro atoms. The van der Waals surface area contributed by atoms with Crippen LogP contribution in [0.4, 0.5) is 4.39 Å². The predicted molar refractivity (Wildman–Crippen MR) is 57.6 cm³/mol. The van der Waals surface area contributed by atoms with E-state index in [1.165, 1.54) is 12.1 Å². The van der Waals surface area contributed by atoms with Gasteiger partial charge in [-0.25, -0.2) is 9.37 Å². The molecule has 0 bridgehead atoms. The third kappa shape index (κ3) is 2.04. The van der Waals surface area contributed by atoms with E-state index in [1.807, 2.05) is 6.92 Å². The number of pyridine rings is 1. The number of likely N-dealkylation sites (N-methyl/N-ethyl adjacent to an activating group) is 1. The number of carbonyl (C=O) groups excluding carboxylic acids is 1. The number of hydrogen-bond acceptors (Lipinski definition) is 3. The average molecular weight is 223 g/mol. The van der Waals surface area contributed by atoms with Crippen molar-refractivity contribution < 1.29 is 9.18 Å². The molecule has 1 aromatic rings. The average Bonchev–Trinajstić information content (AvgIpc) is 2.23. The van der Waals surface area contributed by atoms with E-state index in [1.54, 1.807) is 4.90 Å². The van der Waals surface area contributed by atoms with Crippen LogP contribution in [0.1, 0.15) is 17.4 Å². The van der Waals surface area contributed by atoms with Gasteiger partial charge in [0.05, 0.1) is 12.2 Å². The zero-order valence-corrected chi connectivity index (χ0v) is 9.11. The topological polar surface area (TPSA) is 45.2 Å². The van der Waals surface area contributed by atoms with E-state index in [-0.39, 0.29) is 11.9 Å². The van der Waals surface area contributed by atoms with Gasteiger partial charge in [-0.2, -0.15) is 0 Å². The van der Waals surface area contributed by atoms with Gasteiger partial charge in [0.15, 0.2) is 0 Å². The van der Waals surface area contributed by atoms with Gasteiger partial charge in [-0.15, -0.1) is 0 Å². The molecule has 2 heterocycles. The summed E-state index contributed by atoms with van der Waals surface area (Å²) >= 11 is 0. The maximum absolute atomic E-state index is 12.7. The van der Waals surface area contributed by atoms with Crippen LogP contribution in [0.2, 0.25) is 0 Å². The Bertz CT molecular complexity index is 375. The van der Waals surface area contributed by atoms with Crippen molar-refractivity contribution in [3.8, 4) is 0 Å². The molecule has 1 fully saturated rings. The minimum atomic E-state index is -0.426. The molecule has 0 unspecified atom stereocenters. The first-order valence-electron chi connectivity index (χ1n) is 5.35. The van der Waals surface area contributed by atoms with Gasteiger partial charge in [0.2, 0.25) is 0 Å². The van der Waals surface area contributed by atoms with E-state index >= 15 is 0 Å². The normalized spacial score (nSPS) is 15.6. The lowest BCUT2D eigenvalue weighted by atomic mass is 10.1. The second-order valence-corrected chi connectivity index (χ2v) is 3.76. The Hall–Kier alpha value is -1.49. The minimum Gasteiger partial charge on any atom is -0.332 e. The van der Waals surface area contributed by atoms with Crippen molar-refractivity contribution in [1.29, 1.82) is 0 Å². The third-order valence-electron chi connectivity index (χ3n) is 2.75. The number of aromatic nitrogens is 1. The maximum atomic E-state index is 12.7. The summed E-state index contributed by atoms with van der Waals surface area (Å²) < 4.78 is 12.7. The SMILES string of the molecule is CCN(C(=O)c1ccc(F)cn1)C1CNC1. The van der Waals surface area contributed by atoms with Gasteiger partial charge in [-0.3, -0.25) is 4.79 Å². The quantitative estimate of drug-likeness (QED) is 0.818. The number of amides is 1. The Balaban J connectivity index is 2.12. The fraction of sp³-hybridized carbons (Fsp3) is 0.455. The maximum Gasteiger partial charge on any atom is 0.272 e. The molecule has 1 amide bonds. The van der Waals surface area contributed by atoms with E-state index in [9.17, 15) is 9.18 Å². The van der Waals surface area contributed by atoms with Gasteiger partial charge in [-0.05, 0) is 19.1 Å². The molecule has 5 heteroatoms. The summed E-state index contributed by atoms with van der Waals surface area (Å²) in [7, 11) is 0. The fourth-order valence-electron chi connectivity index (χ4n) is 1.71. The van der Waals surface area contributed by atoms with Gasteiger partial charge in [0, 0.05) is 19.6 Å². The van der Waals surface area contributed by atoms with Crippen LogP contribution < -0.4 is 5.32 Å². The molecule has 16 heavy (non-hydrogen) atoms. The molecule has 1 aromatic heterocycles. The Labute approximate surface area is 93.5 Å². The Morgan fingerprint density at radius 3 is 2.81 bits per heavy atom.